The van der Waals surface area contributed by atoms with Crippen LogP contribution in [0.1, 0.15) is 0 Å². The number of nitrogens with zero attached hydrogens (tertiary/aromatic N) is 2. The van der Waals surface area contributed by atoms with Crippen LogP contribution in [-0.4, -0.2) is 27.6 Å². The number of carboxylic acids is 1. The Kier molecular flexibility index (Phi) is 3.70. The molecule has 0 unspecified atom stereocenters. The molecule has 1 aromatic carbocycles. The SMILES string of the molecule is O=C(O)CNc1cnc(Nc2ccccc2)cn1. The van der Waals surface area contributed by atoms with Crippen molar-refractivity contribution < 1.29 is 9.90 Å². The second-order valence-electron chi connectivity index (χ2n) is 3.53. The summed E-state index contributed by atoms with van der Waals surface area (Å²) in [5.41, 5.74) is 0.915. The summed E-state index contributed by atoms with van der Waals surface area (Å²) in [4.78, 5) is 18.5. The van der Waals surface area contributed by atoms with Crippen LogP contribution in [0.2, 0.25) is 0 Å². The van der Waals surface area contributed by atoms with Crippen molar-refractivity contribution in [2.75, 3.05) is 17.2 Å². The Bertz CT molecular complexity index is 513. The Morgan fingerprint density at radius 3 is 2.39 bits per heavy atom. The van der Waals surface area contributed by atoms with Crippen LogP contribution in [0.3, 0.4) is 0 Å². The van der Waals surface area contributed by atoms with Crippen LogP contribution >= 0.6 is 0 Å². The molecule has 0 aliphatic rings. The zero-order valence-corrected chi connectivity index (χ0v) is 9.50. The number of carbonyl (C=O) groups is 1. The summed E-state index contributed by atoms with van der Waals surface area (Å²) in [5, 5.41) is 14.2. The third-order valence-corrected chi connectivity index (χ3v) is 2.12. The maximum atomic E-state index is 10.4. The molecular weight excluding hydrogens is 232 g/mol. The van der Waals surface area contributed by atoms with Crippen molar-refractivity contribution >= 4 is 23.3 Å². The van der Waals surface area contributed by atoms with Gasteiger partial charge in [0.2, 0.25) is 0 Å². The number of hydrogen-bond acceptors (Lipinski definition) is 5. The van der Waals surface area contributed by atoms with Crippen LogP contribution in [0.25, 0.3) is 0 Å². The Balaban J connectivity index is 1.97. The van der Waals surface area contributed by atoms with Crippen LogP contribution in [0.4, 0.5) is 17.3 Å². The predicted octanol–water partition coefficient (Wildman–Crippen LogP) is 1.72. The minimum absolute atomic E-state index is 0.180. The lowest BCUT2D eigenvalue weighted by molar-refractivity contribution is -0.134. The number of nitrogens with one attached hydrogen (secondary N) is 2. The maximum Gasteiger partial charge on any atom is 0.322 e. The minimum atomic E-state index is -0.941. The molecule has 0 spiro atoms. The number of hydrogen-bond donors (Lipinski definition) is 3. The molecule has 2 rings (SSSR count). The summed E-state index contributed by atoms with van der Waals surface area (Å²) in [6.45, 7) is -0.180. The van der Waals surface area contributed by atoms with Crippen molar-refractivity contribution in [3.63, 3.8) is 0 Å². The normalized spacial score (nSPS) is 9.78. The van der Waals surface area contributed by atoms with Gasteiger partial charge >= 0.3 is 5.97 Å². The van der Waals surface area contributed by atoms with Gasteiger partial charge in [0.1, 0.15) is 18.2 Å². The fourth-order valence-electron chi connectivity index (χ4n) is 1.32. The summed E-state index contributed by atoms with van der Waals surface area (Å²) in [6, 6.07) is 9.59. The van der Waals surface area contributed by atoms with Gasteiger partial charge in [-0.05, 0) is 12.1 Å². The molecule has 6 nitrogen and oxygen atoms in total. The van der Waals surface area contributed by atoms with Gasteiger partial charge in [0.05, 0.1) is 12.4 Å². The van der Waals surface area contributed by atoms with Crippen molar-refractivity contribution in [2.24, 2.45) is 0 Å². The number of para-hydroxylation sites is 1. The van der Waals surface area contributed by atoms with E-state index in [-0.39, 0.29) is 6.54 Å². The highest BCUT2D eigenvalue weighted by Crippen LogP contribution is 2.13. The zero-order valence-electron chi connectivity index (χ0n) is 9.50. The van der Waals surface area contributed by atoms with Crippen molar-refractivity contribution in [1.82, 2.24) is 9.97 Å². The third kappa shape index (κ3) is 3.44. The zero-order chi connectivity index (χ0) is 12.8. The molecule has 0 fully saturated rings. The van der Waals surface area contributed by atoms with Crippen LogP contribution in [0.5, 0.6) is 0 Å². The highest BCUT2D eigenvalue weighted by atomic mass is 16.4. The summed E-state index contributed by atoms with van der Waals surface area (Å²) in [5.74, 6) is 0.0846. The number of carboxylic acid groups (broad SMARTS) is 1. The summed E-state index contributed by atoms with van der Waals surface area (Å²) >= 11 is 0. The average molecular weight is 244 g/mol. The molecule has 0 atom stereocenters. The van der Waals surface area contributed by atoms with Gasteiger partial charge in [-0.1, -0.05) is 18.2 Å². The summed E-state index contributed by atoms with van der Waals surface area (Å²) < 4.78 is 0. The van der Waals surface area contributed by atoms with Crippen LogP contribution in [-0.2, 0) is 4.79 Å². The van der Waals surface area contributed by atoms with E-state index in [1.807, 2.05) is 30.3 Å². The molecule has 1 aromatic heterocycles. The number of aromatic nitrogens is 2. The minimum Gasteiger partial charge on any atom is -0.480 e. The van der Waals surface area contributed by atoms with E-state index >= 15 is 0 Å². The molecule has 92 valence electrons. The predicted molar refractivity (Wildman–Crippen MR) is 67.9 cm³/mol. The Labute approximate surface area is 104 Å². The Morgan fingerprint density at radius 2 is 1.78 bits per heavy atom. The number of anilines is 3. The van der Waals surface area contributed by atoms with E-state index in [9.17, 15) is 4.79 Å². The van der Waals surface area contributed by atoms with Crippen molar-refractivity contribution in [1.29, 1.82) is 0 Å². The molecule has 0 aliphatic carbocycles. The lowest BCUT2D eigenvalue weighted by Gasteiger charge is -2.06. The van der Waals surface area contributed by atoms with E-state index in [1.54, 1.807) is 0 Å². The molecule has 2 aromatic rings. The Morgan fingerprint density at radius 1 is 1.11 bits per heavy atom. The average Bonchev–Trinajstić information content (AvgIpc) is 2.39. The molecule has 0 saturated carbocycles. The molecule has 0 amide bonds. The van der Waals surface area contributed by atoms with Gasteiger partial charge in [-0.2, -0.15) is 0 Å². The molecule has 0 saturated heterocycles. The molecule has 6 heteroatoms. The van der Waals surface area contributed by atoms with Crippen LogP contribution in [0, 0.1) is 0 Å². The lowest BCUT2D eigenvalue weighted by Crippen LogP contribution is -2.13. The summed E-state index contributed by atoms with van der Waals surface area (Å²) in [6.07, 6.45) is 3.02. The highest BCUT2D eigenvalue weighted by Gasteiger charge is 2.00. The van der Waals surface area contributed by atoms with E-state index in [0.717, 1.165) is 5.69 Å². The molecule has 3 N–H and O–H groups in total. The van der Waals surface area contributed by atoms with E-state index in [0.29, 0.717) is 11.6 Å². The first-order valence-corrected chi connectivity index (χ1v) is 5.34. The fourth-order valence-corrected chi connectivity index (χ4v) is 1.32. The highest BCUT2D eigenvalue weighted by molar-refractivity contribution is 5.72. The first-order valence-electron chi connectivity index (χ1n) is 5.34. The lowest BCUT2D eigenvalue weighted by atomic mass is 10.3. The van der Waals surface area contributed by atoms with E-state index in [1.165, 1.54) is 12.4 Å². The van der Waals surface area contributed by atoms with Gasteiger partial charge in [-0.15, -0.1) is 0 Å². The number of rotatable bonds is 5. The molecule has 1 heterocycles. The number of benzene rings is 1. The van der Waals surface area contributed by atoms with Crippen molar-refractivity contribution in [3.05, 3.63) is 42.7 Å². The van der Waals surface area contributed by atoms with Gasteiger partial charge in [0.25, 0.3) is 0 Å². The fraction of sp³-hybridized carbons (Fsp3) is 0.0833. The second kappa shape index (κ2) is 5.62. The van der Waals surface area contributed by atoms with Crippen LogP contribution in [0.15, 0.2) is 42.7 Å². The van der Waals surface area contributed by atoms with Gasteiger partial charge in [0, 0.05) is 5.69 Å². The largest absolute Gasteiger partial charge is 0.480 e. The first kappa shape index (κ1) is 11.8. The molecule has 0 bridgehead atoms. The smallest absolute Gasteiger partial charge is 0.322 e. The van der Waals surface area contributed by atoms with Gasteiger partial charge in [-0.3, -0.25) is 4.79 Å². The molecule has 18 heavy (non-hydrogen) atoms. The molecule has 0 radical (unpaired) electrons. The van der Waals surface area contributed by atoms with Crippen molar-refractivity contribution in [3.8, 4) is 0 Å². The molecular formula is C12H12N4O2. The maximum absolute atomic E-state index is 10.4. The van der Waals surface area contributed by atoms with Gasteiger partial charge in [0.15, 0.2) is 0 Å². The topological polar surface area (TPSA) is 87.1 Å². The molecule has 0 aliphatic heterocycles. The second-order valence-corrected chi connectivity index (χ2v) is 3.53. The Hall–Kier alpha value is -2.63. The summed E-state index contributed by atoms with van der Waals surface area (Å²) in [7, 11) is 0. The van der Waals surface area contributed by atoms with Crippen molar-refractivity contribution in [2.45, 2.75) is 0 Å². The first-order chi connectivity index (χ1) is 8.74. The van der Waals surface area contributed by atoms with E-state index in [2.05, 4.69) is 20.6 Å². The van der Waals surface area contributed by atoms with E-state index in [4.69, 9.17) is 5.11 Å². The quantitative estimate of drug-likeness (QED) is 0.742. The van der Waals surface area contributed by atoms with Gasteiger partial charge in [-0.25, -0.2) is 9.97 Å². The third-order valence-electron chi connectivity index (χ3n) is 2.12. The van der Waals surface area contributed by atoms with Crippen LogP contribution < -0.4 is 10.6 Å². The van der Waals surface area contributed by atoms with Gasteiger partial charge < -0.3 is 15.7 Å². The monoisotopic (exact) mass is 244 g/mol. The standard InChI is InChI=1S/C12H12N4O2/c17-12(18)8-15-10-6-14-11(7-13-10)16-9-4-2-1-3-5-9/h1-7H,8H2,(H,13,15)(H,14,16)(H,17,18). The van der Waals surface area contributed by atoms with E-state index < -0.39 is 5.97 Å². The number of aliphatic carboxylic acids is 1.